The molecule has 3 aliphatic rings. The number of H-pyrrole nitrogens is 1. The van der Waals surface area contributed by atoms with E-state index in [2.05, 4.69) is 30.3 Å². The second-order valence-corrected chi connectivity index (χ2v) is 10.6. The van der Waals surface area contributed by atoms with Gasteiger partial charge in [-0.3, -0.25) is 24.6 Å². The molecule has 3 fully saturated rings. The average Bonchev–Trinajstić information content (AvgIpc) is 3.21. The largest absolute Gasteiger partial charge is 0.352 e. The smallest absolute Gasteiger partial charge is 0.255 e. The Bertz CT molecular complexity index is 1020. The number of piperidine rings is 3. The van der Waals surface area contributed by atoms with Crippen molar-refractivity contribution in [2.24, 2.45) is 11.8 Å². The van der Waals surface area contributed by atoms with E-state index < -0.39 is 0 Å². The zero-order chi connectivity index (χ0) is 24.4. The Labute approximate surface area is 207 Å². The van der Waals surface area contributed by atoms with E-state index in [1.165, 1.54) is 38.8 Å². The van der Waals surface area contributed by atoms with Gasteiger partial charge in [0.15, 0.2) is 0 Å². The van der Waals surface area contributed by atoms with Crippen molar-refractivity contribution in [3.05, 3.63) is 47.0 Å². The van der Waals surface area contributed by atoms with Crippen LogP contribution in [0.5, 0.6) is 0 Å². The maximum absolute atomic E-state index is 13.6. The summed E-state index contributed by atoms with van der Waals surface area (Å²) < 4.78 is 0. The number of carbonyl (C=O) groups is 2. The molecule has 2 N–H and O–H groups in total. The highest BCUT2D eigenvalue weighted by Crippen LogP contribution is 2.43. The van der Waals surface area contributed by atoms with Crippen LogP contribution in [-0.2, 0) is 11.3 Å². The summed E-state index contributed by atoms with van der Waals surface area (Å²) in [4.78, 5) is 35.3. The van der Waals surface area contributed by atoms with Crippen molar-refractivity contribution in [2.75, 3.05) is 19.6 Å². The number of hydrogen-bond acceptors (Lipinski definition) is 5. The SMILES string of the molecule is Cc1n[nH]c(C)c1CNC(=O)CCC[C@@H]1[C@H]2CCCN3CCC[C@@H](CN1C(=O)c1cccnc1)[C@@H]23. The number of rotatable bonds is 7. The second-order valence-electron chi connectivity index (χ2n) is 10.6. The van der Waals surface area contributed by atoms with Crippen LogP contribution in [0.4, 0.5) is 0 Å². The molecule has 3 saturated heterocycles. The van der Waals surface area contributed by atoms with E-state index in [1.54, 1.807) is 12.4 Å². The minimum Gasteiger partial charge on any atom is -0.352 e. The van der Waals surface area contributed by atoms with E-state index in [0.29, 0.717) is 36.4 Å². The zero-order valence-electron chi connectivity index (χ0n) is 21.0. The quantitative estimate of drug-likeness (QED) is 0.637. The summed E-state index contributed by atoms with van der Waals surface area (Å²) in [5, 5.41) is 10.2. The number of amides is 2. The molecule has 2 amide bonds. The third-order valence-corrected chi connectivity index (χ3v) is 8.49. The van der Waals surface area contributed by atoms with Gasteiger partial charge in [-0.25, -0.2) is 0 Å². The number of hydrogen-bond donors (Lipinski definition) is 2. The molecule has 2 aromatic rings. The minimum absolute atomic E-state index is 0.0618. The molecule has 5 rings (SSSR count). The number of aromatic nitrogens is 3. The highest BCUT2D eigenvalue weighted by Gasteiger charge is 2.49. The van der Waals surface area contributed by atoms with Crippen molar-refractivity contribution in [3.63, 3.8) is 0 Å². The predicted octanol–water partition coefficient (Wildman–Crippen LogP) is 3.22. The molecule has 2 aromatic heterocycles. The Morgan fingerprint density at radius 1 is 1.20 bits per heavy atom. The lowest BCUT2D eigenvalue weighted by Crippen LogP contribution is -2.65. The van der Waals surface area contributed by atoms with Gasteiger partial charge < -0.3 is 10.2 Å². The van der Waals surface area contributed by atoms with Gasteiger partial charge in [-0.2, -0.15) is 5.10 Å². The van der Waals surface area contributed by atoms with Crippen LogP contribution in [0.25, 0.3) is 0 Å². The highest BCUT2D eigenvalue weighted by molar-refractivity contribution is 5.94. The number of carbonyl (C=O) groups excluding carboxylic acids is 2. The van der Waals surface area contributed by atoms with Gasteiger partial charge >= 0.3 is 0 Å². The van der Waals surface area contributed by atoms with Crippen LogP contribution in [0.1, 0.15) is 72.3 Å². The van der Waals surface area contributed by atoms with Crippen LogP contribution in [-0.4, -0.2) is 68.5 Å². The van der Waals surface area contributed by atoms with Gasteiger partial charge in [0.05, 0.1) is 11.3 Å². The first-order chi connectivity index (χ1) is 17.0. The van der Waals surface area contributed by atoms with Gasteiger partial charge in [0, 0.05) is 55.2 Å². The monoisotopic (exact) mass is 478 g/mol. The number of aryl methyl sites for hydroxylation is 2. The molecule has 3 aliphatic heterocycles. The standard InChI is InChI=1S/C27H38N6O2/c1-18-23(19(2)31-30-18)16-29-25(34)11-3-10-24-22-9-6-14-32-13-5-8-21(26(22)32)17-33(24)27(35)20-7-4-12-28-15-20/h4,7,12,15,21-22,24,26H,3,5-6,8-11,13-14,16-17H2,1-2H3,(H,29,34)(H,30,31)/t21-,22+,24+,26-/m0/s1. The van der Waals surface area contributed by atoms with Crippen LogP contribution in [0.2, 0.25) is 0 Å². The van der Waals surface area contributed by atoms with E-state index >= 15 is 0 Å². The average molecular weight is 479 g/mol. The molecule has 0 aliphatic carbocycles. The molecule has 0 radical (unpaired) electrons. The molecule has 188 valence electrons. The highest BCUT2D eigenvalue weighted by atomic mass is 16.2. The Kier molecular flexibility index (Phi) is 7.18. The Morgan fingerprint density at radius 2 is 2.03 bits per heavy atom. The third-order valence-electron chi connectivity index (χ3n) is 8.49. The molecular weight excluding hydrogens is 440 g/mol. The number of nitrogens with zero attached hydrogens (tertiary/aromatic N) is 4. The Morgan fingerprint density at radius 3 is 2.77 bits per heavy atom. The first kappa shape index (κ1) is 24.0. The topological polar surface area (TPSA) is 94.2 Å². The molecule has 5 heterocycles. The van der Waals surface area contributed by atoms with Gasteiger partial charge in [-0.05, 0) is 89.4 Å². The van der Waals surface area contributed by atoms with E-state index in [-0.39, 0.29) is 17.9 Å². The summed E-state index contributed by atoms with van der Waals surface area (Å²) in [7, 11) is 0. The first-order valence-electron chi connectivity index (χ1n) is 13.2. The summed E-state index contributed by atoms with van der Waals surface area (Å²) >= 11 is 0. The molecular formula is C27H38N6O2. The van der Waals surface area contributed by atoms with Crippen molar-refractivity contribution in [3.8, 4) is 0 Å². The van der Waals surface area contributed by atoms with Crippen molar-refractivity contribution in [2.45, 2.75) is 77.4 Å². The normalized spacial score (nSPS) is 26.3. The van der Waals surface area contributed by atoms with Gasteiger partial charge in [0.2, 0.25) is 5.91 Å². The number of nitrogens with one attached hydrogen (secondary N) is 2. The molecule has 8 heteroatoms. The summed E-state index contributed by atoms with van der Waals surface area (Å²) in [5.74, 6) is 1.20. The summed E-state index contributed by atoms with van der Waals surface area (Å²) in [6, 6.07) is 4.48. The minimum atomic E-state index is 0.0618. The van der Waals surface area contributed by atoms with Gasteiger partial charge in [0.25, 0.3) is 5.91 Å². The number of aromatic amines is 1. The van der Waals surface area contributed by atoms with E-state index in [1.807, 2.05) is 26.0 Å². The molecule has 0 saturated carbocycles. The molecule has 35 heavy (non-hydrogen) atoms. The van der Waals surface area contributed by atoms with Crippen LogP contribution in [0, 0.1) is 25.7 Å². The molecule has 0 unspecified atom stereocenters. The van der Waals surface area contributed by atoms with Crippen LogP contribution >= 0.6 is 0 Å². The fraction of sp³-hybridized carbons (Fsp3) is 0.630. The lowest BCUT2D eigenvalue weighted by molar-refractivity contribution is -0.121. The fourth-order valence-corrected chi connectivity index (χ4v) is 6.84. The van der Waals surface area contributed by atoms with Crippen molar-refractivity contribution in [1.82, 2.24) is 30.3 Å². The first-order valence-corrected chi connectivity index (χ1v) is 13.2. The Hall–Kier alpha value is -2.74. The maximum atomic E-state index is 13.6. The van der Waals surface area contributed by atoms with Crippen molar-refractivity contribution < 1.29 is 9.59 Å². The van der Waals surface area contributed by atoms with E-state index in [9.17, 15) is 9.59 Å². The van der Waals surface area contributed by atoms with Crippen molar-refractivity contribution >= 4 is 11.8 Å². The molecule has 4 atom stereocenters. The lowest BCUT2D eigenvalue weighted by Gasteiger charge is -2.57. The molecule has 0 bridgehead atoms. The van der Waals surface area contributed by atoms with E-state index in [4.69, 9.17) is 0 Å². The van der Waals surface area contributed by atoms with Crippen LogP contribution < -0.4 is 5.32 Å². The summed E-state index contributed by atoms with van der Waals surface area (Å²) in [6.07, 6.45) is 10.3. The van der Waals surface area contributed by atoms with Crippen LogP contribution in [0.3, 0.4) is 0 Å². The summed E-state index contributed by atoms with van der Waals surface area (Å²) in [5.41, 5.74) is 3.66. The molecule has 0 spiro atoms. The van der Waals surface area contributed by atoms with Gasteiger partial charge in [-0.15, -0.1) is 0 Å². The van der Waals surface area contributed by atoms with E-state index in [0.717, 1.165) is 36.3 Å². The number of likely N-dealkylation sites (tertiary alicyclic amines) is 1. The van der Waals surface area contributed by atoms with Gasteiger partial charge in [-0.1, -0.05) is 0 Å². The second kappa shape index (κ2) is 10.5. The fourth-order valence-electron chi connectivity index (χ4n) is 6.84. The zero-order valence-corrected chi connectivity index (χ0v) is 21.0. The third kappa shape index (κ3) is 4.99. The Balaban J connectivity index is 1.26. The molecule has 8 nitrogen and oxygen atoms in total. The summed E-state index contributed by atoms with van der Waals surface area (Å²) in [6.45, 7) is 7.63. The predicted molar refractivity (Wildman–Crippen MR) is 134 cm³/mol. The van der Waals surface area contributed by atoms with Crippen molar-refractivity contribution in [1.29, 1.82) is 0 Å². The van der Waals surface area contributed by atoms with Gasteiger partial charge in [0.1, 0.15) is 0 Å². The number of pyridine rings is 1. The maximum Gasteiger partial charge on any atom is 0.255 e. The van der Waals surface area contributed by atoms with Crippen LogP contribution in [0.15, 0.2) is 24.5 Å². The lowest BCUT2D eigenvalue weighted by atomic mass is 9.69. The molecule has 0 aromatic carbocycles.